The molecule has 1 heterocycles. The van der Waals surface area contributed by atoms with Crippen molar-refractivity contribution in [2.75, 3.05) is 14.2 Å². The maximum Gasteiger partial charge on any atom is 0.203 e. The van der Waals surface area contributed by atoms with Gasteiger partial charge in [-0.25, -0.2) is 0 Å². The molecule has 0 bridgehead atoms. The molecule has 0 aromatic rings. The van der Waals surface area contributed by atoms with Gasteiger partial charge in [0.15, 0.2) is 11.5 Å². The predicted octanol–water partition coefficient (Wildman–Crippen LogP) is 3.21. The Labute approximate surface area is 160 Å². The van der Waals surface area contributed by atoms with E-state index in [0.29, 0.717) is 5.76 Å². The number of ketones is 2. The Bertz CT molecular complexity index is 806. The Kier molecular flexibility index (Phi) is 3.97. The SMILES string of the molecule is COC1=C[C@@H](C)[C@@H]2C[C@H]3OC=CC4=C(C)C(OC)C(=O)[C@@H]([C@]43C)[C@@]2(C)C1=O. The minimum atomic E-state index is -0.848. The van der Waals surface area contributed by atoms with Gasteiger partial charge in [0, 0.05) is 23.9 Å². The molecule has 0 spiro atoms. The third kappa shape index (κ3) is 2.04. The van der Waals surface area contributed by atoms with Crippen LogP contribution in [0.5, 0.6) is 0 Å². The van der Waals surface area contributed by atoms with E-state index in [1.165, 1.54) is 7.11 Å². The molecule has 5 nitrogen and oxygen atoms in total. The molecule has 1 unspecified atom stereocenters. The van der Waals surface area contributed by atoms with Crippen molar-refractivity contribution in [1.82, 2.24) is 0 Å². The standard InChI is InChI=1S/C22H28O5/c1-11-9-15(25-5)20(24)22(4)14(11)10-16-21(3)13(7-8-27-16)12(2)18(26-6)17(23)19(21)22/h7-9,11,14,16,18-19H,10H2,1-6H3/t11-,14+,16-,18?,19+,21-,22+/m1/s1. The Morgan fingerprint density at radius 1 is 1.19 bits per heavy atom. The van der Waals surface area contributed by atoms with Crippen LogP contribution in [0.3, 0.4) is 0 Å². The largest absolute Gasteiger partial charge is 0.497 e. The van der Waals surface area contributed by atoms with Gasteiger partial charge in [-0.05, 0) is 48.5 Å². The zero-order chi connectivity index (χ0) is 19.7. The molecule has 3 aliphatic carbocycles. The number of hydrogen-bond acceptors (Lipinski definition) is 5. The van der Waals surface area contributed by atoms with Gasteiger partial charge in [0.05, 0.1) is 13.4 Å². The summed E-state index contributed by atoms with van der Waals surface area (Å²) in [6.07, 6.45) is 5.56. The molecule has 7 atom stereocenters. The van der Waals surface area contributed by atoms with Gasteiger partial charge in [-0.3, -0.25) is 9.59 Å². The number of carbonyl (C=O) groups excluding carboxylic acids is 2. The topological polar surface area (TPSA) is 61.8 Å². The van der Waals surface area contributed by atoms with Gasteiger partial charge in [0.1, 0.15) is 12.2 Å². The monoisotopic (exact) mass is 372 g/mol. The highest BCUT2D eigenvalue weighted by Gasteiger charge is 2.70. The first-order valence-corrected chi connectivity index (χ1v) is 9.63. The summed E-state index contributed by atoms with van der Waals surface area (Å²) in [6.45, 7) is 8.09. The highest BCUT2D eigenvalue weighted by molar-refractivity contribution is 6.05. The Morgan fingerprint density at radius 3 is 2.52 bits per heavy atom. The summed E-state index contributed by atoms with van der Waals surface area (Å²) in [5, 5.41) is 0. The molecule has 0 radical (unpaired) electrons. The van der Waals surface area contributed by atoms with Gasteiger partial charge < -0.3 is 14.2 Å². The van der Waals surface area contributed by atoms with Crippen molar-refractivity contribution < 1.29 is 23.8 Å². The van der Waals surface area contributed by atoms with Crippen LogP contribution in [-0.2, 0) is 23.8 Å². The van der Waals surface area contributed by atoms with Crippen LogP contribution in [0.15, 0.2) is 35.3 Å². The van der Waals surface area contributed by atoms with Crippen LogP contribution in [0.1, 0.15) is 34.1 Å². The zero-order valence-electron chi connectivity index (χ0n) is 16.9. The molecule has 0 aromatic heterocycles. The molecular weight excluding hydrogens is 344 g/mol. The molecule has 0 saturated heterocycles. The van der Waals surface area contributed by atoms with Crippen molar-refractivity contribution in [1.29, 1.82) is 0 Å². The van der Waals surface area contributed by atoms with E-state index in [4.69, 9.17) is 14.2 Å². The second-order valence-electron chi connectivity index (χ2n) is 8.81. The highest BCUT2D eigenvalue weighted by Crippen LogP contribution is 2.65. The van der Waals surface area contributed by atoms with Crippen molar-refractivity contribution in [2.24, 2.45) is 28.6 Å². The third-order valence-electron chi connectivity index (χ3n) is 7.74. The average molecular weight is 372 g/mol. The molecule has 1 fully saturated rings. The summed E-state index contributed by atoms with van der Waals surface area (Å²) in [6, 6.07) is 0. The van der Waals surface area contributed by atoms with E-state index >= 15 is 0 Å². The van der Waals surface area contributed by atoms with E-state index in [-0.39, 0.29) is 29.5 Å². The number of allylic oxidation sites excluding steroid dienone is 3. The lowest BCUT2D eigenvalue weighted by Gasteiger charge is -2.62. The van der Waals surface area contributed by atoms with Gasteiger partial charge >= 0.3 is 0 Å². The van der Waals surface area contributed by atoms with E-state index in [1.807, 2.05) is 26.0 Å². The summed E-state index contributed by atoms with van der Waals surface area (Å²) >= 11 is 0. The van der Waals surface area contributed by atoms with Gasteiger partial charge in [0.2, 0.25) is 5.78 Å². The van der Waals surface area contributed by atoms with Crippen molar-refractivity contribution in [2.45, 2.75) is 46.3 Å². The average Bonchev–Trinajstić information content (AvgIpc) is 2.62. The molecule has 5 heteroatoms. The van der Waals surface area contributed by atoms with Crippen LogP contribution in [-0.4, -0.2) is 38.0 Å². The maximum atomic E-state index is 13.7. The Hall–Kier alpha value is -1.88. The highest BCUT2D eigenvalue weighted by atomic mass is 16.5. The zero-order valence-corrected chi connectivity index (χ0v) is 16.9. The molecule has 1 saturated carbocycles. The molecule has 1 aliphatic heterocycles. The number of Topliss-reactive ketones (excluding diaryl/α,β-unsaturated/α-hetero) is 2. The molecule has 4 rings (SSSR count). The molecule has 0 aromatic carbocycles. The van der Waals surface area contributed by atoms with Crippen LogP contribution in [0.2, 0.25) is 0 Å². The Morgan fingerprint density at radius 2 is 1.89 bits per heavy atom. The molecule has 0 amide bonds. The molecule has 0 N–H and O–H groups in total. The second kappa shape index (κ2) is 5.81. The van der Waals surface area contributed by atoms with Crippen molar-refractivity contribution >= 4 is 11.6 Å². The number of carbonyl (C=O) groups is 2. The van der Waals surface area contributed by atoms with E-state index in [1.54, 1.807) is 13.4 Å². The van der Waals surface area contributed by atoms with E-state index < -0.39 is 22.9 Å². The second-order valence-corrected chi connectivity index (χ2v) is 8.81. The van der Waals surface area contributed by atoms with E-state index in [2.05, 4.69) is 13.8 Å². The molecule has 4 aliphatic rings. The minimum absolute atomic E-state index is 0.0135. The summed E-state index contributed by atoms with van der Waals surface area (Å²) in [5.74, 6) is -0.114. The number of hydrogen-bond donors (Lipinski definition) is 0. The number of methoxy groups -OCH3 is 2. The first-order chi connectivity index (χ1) is 12.7. The van der Waals surface area contributed by atoms with Crippen molar-refractivity contribution in [3.63, 3.8) is 0 Å². The molecule has 146 valence electrons. The van der Waals surface area contributed by atoms with E-state index in [9.17, 15) is 9.59 Å². The van der Waals surface area contributed by atoms with Gasteiger partial charge in [-0.15, -0.1) is 0 Å². The normalized spacial score (nSPS) is 45.7. The first-order valence-electron chi connectivity index (χ1n) is 9.63. The Balaban J connectivity index is 1.99. The lowest BCUT2D eigenvalue weighted by atomic mass is 9.41. The smallest absolute Gasteiger partial charge is 0.203 e. The quantitative estimate of drug-likeness (QED) is 0.745. The van der Waals surface area contributed by atoms with Gasteiger partial charge in [0.25, 0.3) is 0 Å². The van der Waals surface area contributed by atoms with E-state index in [0.717, 1.165) is 17.6 Å². The lowest BCUT2D eigenvalue weighted by Crippen LogP contribution is -2.67. The minimum Gasteiger partial charge on any atom is -0.497 e. The van der Waals surface area contributed by atoms with Crippen LogP contribution < -0.4 is 0 Å². The fourth-order valence-electron chi connectivity index (χ4n) is 6.51. The van der Waals surface area contributed by atoms with Crippen LogP contribution in [0.25, 0.3) is 0 Å². The summed E-state index contributed by atoms with van der Waals surface area (Å²) < 4.78 is 17.1. The van der Waals surface area contributed by atoms with Crippen molar-refractivity contribution in [3.8, 4) is 0 Å². The fourth-order valence-corrected chi connectivity index (χ4v) is 6.51. The predicted molar refractivity (Wildman–Crippen MR) is 99.6 cm³/mol. The first kappa shape index (κ1) is 18.5. The van der Waals surface area contributed by atoms with Crippen molar-refractivity contribution in [3.05, 3.63) is 35.3 Å². The maximum absolute atomic E-state index is 13.7. The van der Waals surface area contributed by atoms with Crippen LogP contribution in [0, 0.1) is 28.6 Å². The van der Waals surface area contributed by atoms with Crippen LogP contribution in [0.4, 0.5) is 0 Å². The number of ether oxygens (including phenoxy) is 3. The summed E-state index contributed by atoms with van der Waals surface area (Å²) in [4.78, 5) is 27.2. The molecule has 27 heavy (non-hydrogen) atoms. The third-order valence-corrected chi connectivity index (χ3v) is 7.74. The summed E-state index contributed by atoms with van der Waals surface area (Å²) in [5.41, 5.74) is 0.594. The number of fused-ring (bicyclic) bond motifs is 2. The van der Waals surface area contributed by atoms with Crippen LogP contribution >= 0.6 is 0 Å². The van der Waals surface area contributed by atoms with Gasteiger partial charge in [-0.1, -0.05) is 20.8 Å². The lowest BCUT2D eigenvalue weighted by molar-refractivity contribution is -0.180. The molecular formula is C22H28O5. The number of rotatable bonds is 2. The summed E-state index contributed by atoms with van der Waals surface area (Å²) in [7, 11) is 3.08. The van der Waals surface area contributed by atoms with Gasteiger partial charge in [-0.2, -0.15) is 0 Å². The fraction of sp³-hybridized carbons (Fsp3) is 0.636.